The van der Waals surface area contributed by atoms with Crippen LogP contribution in [0.1, 0.15) is 45.0 Å². The summed E-state index contributed by atoms with van der Waals surface area (Å²) in [6.45, 7) is 7.48. The third kappa shape index (κ3) is 3.90. The molecule has 1 fully saturated rings. The maximum atomic E-state index is 5.94. The van der Waals surface area contributed by atoms with Gasteiger partial charge in [-0.25, -0.2) is 0 Å². The Balaban J connectivity index is 1.86. The van der Waals surface area contributed by atoms with Crippen LogP contribution >= 0.6 is 22.9 Å². The van der Waals surface area contributed by atoms with Crippen molar-refractivity contribution in [2.45, 2.75) is 52.7 Å². The highest BCUT2D eigenvalue weighted by molar-refractivity contribution is 7.15. The molecule has 1 heterocycles. The van der Waals surface area contributed by atoms with Gasteiger partial charge in [-0.05, 0) is 42.2 Å². The second-order valence-corrected chi connectivity index (χ2v) is 7.44. The van der Waals surface area contributed by atoms with Gasteiger partial charge in [-0.2, -0.15) is 0 Å². The average molecular weight is 275 g/mol. The van der Waals surface area contributed by atoms with Crippen molar-refractivity contribution in [2.24, 2.45) is 11.3 Å². The lowest BCUT2D eigenvalue weighted by Crippen LogP contribution is -2.32. The SMILES string of the molecule is CC1CC(OCc2nnc(Cl)s2)CC(C)(C)C1. The Bertz CT molecular complexity index is 380. The van der Waals surface area contributed by atoms with E-state index in [2.05, 4.69) is 31.0 Å². The van der Waals surface area contributed by atoms with E-state index in [-0.39, 0.29) is 0 Å². The van der Waals surface area contributed by atoms with Crippen LogP contribution in [-0.4, -0.2) is 16.3 Å². The van der Waals surface area contributed by atoms with Crippen molar-refractivity contribution in [3.05, 3.63) is 9.47 Å². The van der Waals surface area contributed by atoms with Crippen LogP contribution in [0.4, 0.5) is 0 Å². The number of aromatic nitrogens is 2. The number of rotatable bonds is 3. The average Bonchev–Trinajstić information content (AvgIpc) is 2.58. The van der Waals surface area contributed by atoms with Crippen LogP contribution in [0.5, 0.6) is 0 Å². The third-order valence-electron chi connectivity index (χ3n) is 3.23. The smallest absolute Gasteiger partial charge is 0.207 e. The topological polar surface area (TPSA) is 35.0 Å². The van der Waals surface area contributed by atoms with E-state index in [4.69, 9.17) is 16.3 Å². The molecule has 5 heteroatoms. The molecule has 1 aromatic rings. The van der Waals surface area contributed by atoms with Gasteiger partial charge in [0.25, 0.3) is 0 Å². The highest BCUT2D eigenvalue weighted by Crippen LogP contribution is 2.39. The number of halogens is 1. The van der Waals surface area contributed by atoms with Gasteiger partial charge < -0.3 is 4.74 Å². The molecule has 1 aromatic heterocycles. The van der Waals surface area contributed by atoms with Crippen LogP contribution in [0.25, 0.3) is 0 Å². The third-order valence-corrected chi connectivity index (χ3v) is 4.22. The summed E-state index contributed by atoms with van der Waals surface area (Å²) in [5, 5.41) is 8.61. The lowest BCUT2D eigenvalue weighted by molar-refractivity contribution is -0.0318. The number of hydrogen-bond acceptors (Lipinski definition) is 4. The summed E-state index contributed by atoms with van der Waals surface area (Å²) < 4.78 is 6.42. The molecule has 96 valence electrons. The number of ether oxygens (including phenoxy) is 1. The lowest BCUT2D eigenvalue weighted by atomic mass is 9.71. The molecule has 1 aliphatic carbocycles. The molecule has 2 unspecified atom stereocenters. The van der Waals surface area contributed by atoms with Crippen LogP contribution < -0.4 is 0 Å². The zero-order valence-electron chi connectivity index (χ0n) is 10.6. The second-order valence-electron chi connectivity index (χ2n) is 5.80. The summed E-state index contributed by atoms with van der Waals surface area (Å²) in [7, 11) is 0. The molecule has 0 radical (unpaired) electrons. The molecule has 1 saturated carbocycles. The first kappa shape index (κ1) is 13.2. The molecule has 2 rings (SSSR count). The van der Waals surface area contributed by atoms with E-state index >= 15 is 0 Å². The van der Waals surface area contributed by atoms with Crippen LogP contribution in [0.3, 0.4) is 0 Å². The van der Waals surface area contributed by atoms with Gasteiger partial charge in [-0.15, -0.1) is 10.2 Å². The van der Waals surface area contributed by atoms with Gasteiger partial charge in [0, 0.05) is 0 Å². The minimum Gasteiger partial charge on any atom is -0.371 e. The summed E-state index contributed by atoms with van der Waals surface area (Å²) in [6.07, 6.45) is 3.91. The van der Waals surface area contributed by atoms with Gasteiger partial charge >= 0.3 is 0 Å². The van der Waals surface area contributed by atoms with Crippen molar-refractivity contribution < 1.29 is 4.74 Å². The maximum Gasteiger partial charge on any atom is 0.207 e. The van der Waals surface area contributed by atoms with Crippen molar-refractivity contribution in [1.82, 2.24) is 10.2 Å². The Kier molecular flexibility index (Phi) is 4.06. The van der Waals surface area contributed by atoms with Crippen LogP contribution in [-0.2, 0) is 11.3 Å². The Morgan fingerprint density at radius 2 is 2.18 bits per heavy atom. The fourth-order valence-corrected chi connectivity index (χ4v) is 3.66. The van der Waals surface area contributed by atoms with Crippen molar-refractivity contribution in [3.63, 3.8) is 0 Å². The van der Waals surface area contributed by atoms with Gasteiger partial charge in [0.2, 0.25) is 4.47 Å². The predicted molar refractivity (Wildman–Crippen MR) is 70.3 cm³/mol. The fourth-order valence-electron chi connectivity index (χ4n) is 2.87. The molecule has 3 nitrogen and oxygen atoms in total. The van der Waals surface area contributed by atoms with Crippen molar-refractivity contribution >= 4 is 22.9 Å². The highest BCUT2D eigenvalue weighted by Gasteiger charge is 2.32. The minimum atomic E-state index is 0.344. The van der Waals surface area contributed by atoms with Crippen LogP contribution in [0.2, 0.25) is 4.47 Å². The zero-order chi connectivity index (χ0) is 12.5. The summed E-state index contributed by atoms with van der Waals surface area (Å²) >= 11 is 7.13. The van der Waals surface area contributed by atoms with Crippen molar-refractivity contribution in [1.29, 1.82) is 0 Å². The molecule has 0 amide bonds. The van der Waals surface area contributed by atoms with E-state index in [0.717, 1.165) is 23.8 Å². The molecule has 2 atom stereocenters. The summed E-state index contributed by atoms with van der Waals surface area (Å²) in [5.74, 6) is 0.738. The minimum absolute atomic E-state index is 0.344. The first-order valence-corrected chi connectivity index (χ1v) is 7.23. The van der Waals surface area contributed by atoms with E-state index in [1.165, 1.54) is 17.8 Å². The second kappa shape index (κ2) is 5.21. The molecular weight excluding hydrogens is 256 g/mol. The fraction of sp³-hybridized carbons (Fsp3) is 0.833. The Hall–Kier alpha value is -0.190. The molecule has 0 spiro atoms. The van der Waals surface area contributed by atoms with Crippen LogP contribution in [0, 0.1) is 11.3 Å². The first-order chi connectivity index (χ1) is 7.94. The van der Waals surface area contributed by atoms with E-state index in [1.54, 1.807) is 0 Å². The Morgan fingerprint density at radius 3 is 2.76 bits per heavy atom. The van der Waals surface area contributed by atoms with Gasteiger partial charge in [0.05, 0.1) is 6.10 Å². The van der Waals surface area contributed by atoms with E-state index in [1.807, 2.05) is 0 Å². The number of hydrogen-bond donors (Lipinski definition) is 0. The molecular formula is C12H19ClN2OS. The molecule has 0 bridgehead atoms. The van der Waals surface area contributed by atoms with Crippen molar-refractivity contribution in [3.8, 4) is 0 Å². The highest BCUT2D eigenvalue weighted by atomic mass is 35.5. The maximum absolute atomic E-state index is 5.94. The molecule has 0 N–H and O–H groups in total. The van der Waals surface area contributed by atoms with Gasteiger partial charge in [-0.3, -0.25) is 0 Å². The first-order valence-electron chi connectivity index (χ1n) is 6.04. The largest absolute Gasteiger partial charge is 0.371 e. The van der Waals surface area contributed by atoms with Crippen molar-refractivity contribution in [2.75, 3.05) is 0 Å². The molecule has 0 saturated heterocycles. The van der Waals surface area contributed by atoms with E-state index in [0.29, 0.717) is 22.6 Å². The van der Waals surface area contributed by atoms with Crippen LogP contribution in [0.15, 0.2) is 0 Å². The standard InChI is InChI=1S/C12H19ClN2OS/c1-8-4-9(6-12(2,3)5-8)16-7-10-14-15-11(13)17-10/h8-9H,4-7H2,1-3H3. The van der Waals surface area contributed by atoms with Gasteiger partial charge in [-0.1, -0.05) is 32.1 Å². The molecule has 0 aromatic carbocycles. The van der Waals surface area contributed by atoms with Gasteiger partial charge in [0.15, 0.2) is 0 Å². The van der Waals surface area contributed by atoms with E-state index < -0.39 is 0 Å². The summed E-state index contributed by atoms with van der Waals surface area (Å²) in [6, 6.07) is 0. The molecule has 1 aliphatic rings. The number of nitrogens with zero attached hydrogens (tertiary/aromatic N) is 2. The normalized spacial score (nSPS) is 28.2. The molecule has 17 heavy (non-hydrogen) atoms. The lowest BCUT2D eigenvalue weighted by Gasteiger charge is -2.38. The van der Waals surface area contributed by atoms with Gasteiger partial charge in [0.1, 0.15) is 11.6 Å². The monoisotopic (exact) mass is 274 g/mol. The van der Waals surface area contributed by atoms with E-state index in [9.17, 15) is 0 Å². The Labute approximate surface area is 112 Å². The quantitative estimate of drug-likeness (QED) is 0.838. The Morgan fingerprint density at radius 1 is 1.41 bits per heavy atom. The predicted octanol–water partition coefficient (Wildman–Crippen LogP) is 3.92. The summed E-state index contributed by atoms with van der Waals surface area (Å²) in [4.78, 5) is 0. The summed E-state index contributed by atoms with van der Waals surface area (Å²) in [5.41, 5.74) is 0.390. The zero-order valence-corrected chi connectivity index (χ0v) is 12.1. The molecule has 0 aliphatic heterocycles.